The number of rotatable bonds is 5. The van der Waals surface area contributed by atoms with Crippen LogP contribution in [-0.2, 0) is 11.3 Å². The van der Waals surface area contributed by atoms with E-state index in [0.717, 1.165) is 16.9 Å². The molecular weight excluding hydrogens is 328 g/mol. The maximum Gasteiger partial charge on any atom is 0.259 e. The third-order valence-corrected chi connectivity index (χ3v) is 4.65. The van der Waals surface area contributed by atoms with Gasteiger partial charge in [0.2, 0.25) is 5.91 Å². The fourth-order valence-electron chi connectivity index (χ4n) is 3.26. The van der Waals surface area contributed by atoms with Crippen LogP contribution in [0.1, 0.15) is 28.4 Å². The Morgan fingerprint density at radius 3 is 2.54 bits per heavy atom. The highest BCUT2D eigenvalue weighted by Crippen LogP contribution is 2.33. The van der Waals surface area contributed by atoms with Gasteiger partial charge in [0.1, 0.15) is 11.8 Å². The third kappa shape index (κ3) is 3.08. The van der Waals surface area contributed by atoms with Gasteiger partial charge in [0, 0.05) is 30.4 Å². The second-order valence-electron chi connectivity index (χ2n) is 6.39. The number of carbonyl (C=O) groups is 2. The lowest BCUT2D eigenvalue weighted by molar-refractivity contribution is -0.133. The first-order chi connectivity index (χ1) is 12.4. The lowest BCUT2D eigenvalue weighted by Crippen LogP contribution is -2.45. The van der Waals surface area contributed by atoms with Gasteiger partial charge in [-0.1, -0.05) is 36.9 Å². The van der Waals surface area contributed by atoms with Gasteiger partial charge in [-0.05, 0) is 30.7 Å². The van der Waals surface area contributed by atoms with Crippen molar-refractivity contribution in [3.8, 4) is 5.75 Å². The van der Waals surface area contributed by atoms with Crippen molar-refractivity contribution in [3.63, 3.8) is 0 Å². The first-order valence-corrected chi connectivity index (χ1v) is 8.43. The monoisotopic (exact) mass is 350 g/mol. The lowest BCUT2D eigenvalue weighted by Gasteiger charge is -2.28. The zero-order valence-electron chi connectivity index (χ0n) is 15.2. The fraction of sp³-hybridized carbons (Fsp3) is 0.238. The van der Waals surface area contributed by atoms with E-state index in [1.165, 1.54) is 4.90 Å². The molecule has 0 aliphatic carbocycles. The summed E-state index contributed by atoms with van der Waals surface area (Å²) in [5, 5.41) is 0. The first kappa shape index (κ1) is 17.7. The molecule has 1 aliphatic heterocycles. The van der Waals surface area contributed by atoms with Crippen molar-refractivity contribution in [2.75, 3.05) is 14.2 Å². The molecule has 1 aliphatic rings. The Hall–Kier alpha value is -3.08. The van der Waals surface area contributed by atoms with Gasteiger partial charge in [-0.15, -0.1) is 0 Å². The van der Waals surface area contributed by atoms with E-state index in [9.17, 15) is 9.59 Å². The molecule has 2 amide bonds. The van der Waals surface area contributed by atoms with Crippen LogP contribution in [-0.4, -0.2) is 41.8 Å². The van der Waals surface area contributed by atoms with Gasteiger partial charge < -0.3 is 9.64 Å². The minimum Gasteiger partial charge on any atom is -0.497 e. The summed E-state index contributed by atoms with van der Waals surface area (Å²) in [6.07, 6.45) is 0. The van der Waals surface area contributed by atoms with Gasteiger partial charge >= 0.3 is 0 Å². The van der Waals surface area contributed by atoms with Crippen LogP contribution in [0.2, 0.25) is 0 Å². The summed E-state index contributed by atoms with van der Waals surface area (Å²) < 4.78 is 5.22. The predicted octanol–water partition coefficient (Wildman–Crippen LogP) is 3.17. The number of ether oxygens (including phenoxy) is 1. The molecule has 0 fully saturated rings. The van der Waals surface area contributed by atoms with Gasteiger partial charge in [0.15, 0.2) is 0 Å². The minimum absolute atomic E-state index is 0.143. The maximum atomic E-state index is 12.9. The third-order valence-electron chi connectivity index (χ3n) is 4.65. The zero-order valence-corrected chi connectivity index (χ0v) is 15.2. The topological polar surface area (TPSA) is 49.9 Å². The van der Waals surface area contributed by atoms with Gasteiger partial charge in [-0.2, -0.15) is 0 Å². The number of likely N-dealkylation sites (N-methyl/N-ethyl adjacent to an activating group) is 1. The molecule has 2 aromatic carbocycles. The first-order valence-electron chi connectivity index (χ1n) is 8.43. The summed E-state index contributed by atoms with van der Waals surface area (Å²) in [7, 11) is 3.34. The number of benzene rings is 2. The Morgan fingerprint density at radius 1 is 1.19 bits per heavy atom. The Labute approximate surface area is 153 Å². The van der Waals surface area contributed by atoms with Crippen molar-refractivity contribution in [2.45, 2.75) is 19.5 Å². The molecule has 3 rings (SSSR count). The SMILES string of the molecule is C=C1c2ccccc2C(=O)N1C(C)C(=O)N(C)Cc1cccc(OC)c1. The van der Waals surface area contributed by atoms with Crippen LogP contribution >= 0.6 is 0 Å². The van der Waals surface area contributed by atoms with Crippen molar-refractivity contribution < 1.29 is 14.3 Å². The Morgan fingerprint density at radius 2 is 1.88 bits per heavy atom. The molecule has 0 N–H and O–H groups in total. The molecular formula is C21H22N2O3. The molecule has 5 nitrogen and oxygen atoms in total. The van der Waals surface area contributed by atoms with E-state index < -0.39 is 6.04 Å². The van der Waals surface area contributed by atoms with E-state index in [-0.39, 0.29) is 11.8 Å². The highest BCUT2D eigenvalue weighted by atomic mass is 16.5. The quantitative estimate of drug-likeness (QED) is 0.832. The molecule has 0 saturated carbocycles. The van der Waals surface area contributed by atoms with E-state index in [0.29, 0.717) is 17.8 Å². The largest absolute Gasteiger partial charge is 0.497 e. The van der Waals surface area contributed by atoms with Crippen LogP contribution in [0.15, 0.2) is 55.1 Å². The van der Waals surface area contributed by atoms with Crippen LogP contribution < -0.4 is 4.74 Å². The Kier molecular flexibility index (Phi) is 4.80. The van der Waals surface area contributed by atoms with Crippen molar-refractivity contribution >= 4 is 17.5 Å². The molecule has 0 aromatic heterocycles. The molecule has 0 spiro atoms. The number of nitrogens with zero attached hydrogens (tertiary/aromatic N) is 2. The smallest absolute Gasteiger partial charge is 0.259 e. The molecule has 0 radical (unpaired) electrons. The molecule has 5 heteroatoms. The summed E-state index contributed by atoms with van der Waals surface area (Å²) in [6, 6.07) is 14.2. The normalized spacial score (nSPS) is 14.2. The van der Waals surface area contributed by atoms with Crippen molar-refractivity contribution in [3.05, 3.63) is 71.8 Å². The minimum atomic E-state index is -0.627. The lowest BCUT2D eigenvalue weighted by atomic mass is 10.1. The van der Waals surface area contributed by atoms with E-state index in [1.807, 2.05) is 42.5 Å². The molecule has 134 valence electrons. The number of fused-ring (bicyclic) bond motifs is 1. The maximum absolute atomic E-state index is 12.9. The van der Waals surface area contributed by atoms with Crippen LogP contribution in [0, 0.1) is 0 Å². The van der Waals surface area contributed by atoms with Crippen molar-refractivity contribution in [1.82, 2.24) is 9.80 Å². The van der Waals surface area contributed by atoms with E-state index in [2.05, 4.69) is 6.58 Å². The fourth-order valence-corrected chi connectivity index (χ4v) is 3.26. The van der Waals surface area contributed by atoms with Crippen LogP contribution in [0.25, 0.3) is 5.70 Å². The second-order valence-corrected chi connectivity index (χ2v) is 6.39. The highest BCUT2D eigenvalue weighted by Gasteiger charge is 2.37. The standard InChI is InChI=1S/C21H22N2O3/c1-14-18-10-5-6-11-19(18)21(25)23(14)15(2)20(24)22(3)13-16-8-7-9-17(12-16)26-4/h5-12,15H,1,13H2,2-4H3. The zero-order chi connectivity index (χ0) is 18.8. The molecule has 1 heterocycles. The van der Waals surface area contributed by atoms with Gasteiger partial charge in [0.25, 0.3) is 5.91 Å². The van der Waals surface area contributed by atoms with Gasteiger partial charge in [0.05, 0.1) is 7.11 Å². The second kappa shape index (κ2) is 7.04. The summed E-state index contributed by atoms with van der Waals surface area (Å²) in [4.78, 5) is 28.7. The van der Waals surface area contributed by atoms with Crippen LogP contribution in [0.5, 0.6) is 5.75 Å². The summed E-state index contributed by atoms with van der Waals surface area (Å²) in [6.45, 7) is 6.18. The van der Waals surface area contributed by atoms with Crippen LogP contribution in [0.3, 0.4) is 0 Å². The Balaban J connectivity index is 1.75. The Bertz CT molecular complexity index is 840. The number of hydrogen-bond acceptors (Lipinski definition) is 3. The predicted molar refractivity (Wildman–Crippen MR) is 101 cm³/mol. The van der Waals surface area contributed by atoms with E-state index >= 15 is 0 Å². The average Bonchev–Trinajstić information content (AvgIpc) is 2.91. The summed E-state index contributed by atoms with van der Waals surface area (Å²) in [5.41, 5.74) is 2.91. The van der Waals surface area contributed by atoms with Crippen molar-refractivity contribution in [2.24, 2.45) is 0 Å². The average molecular weight is 350 g/mol. The molecule has 0 bridgehead atoms. The molecule has 1 unspecified atom stereocenters. The number of methoxy groups -OCH3 is 1. The molecule has 1 atom stereocenters. The number of hydrogen-bond donors (Lipinski definition) is 0. The van der Waals surface area contributed by atoms with Crippen LogP contribution in [0.4, 0.5) is 0 Å². The van der Waals surface area contributed by atoms with Gasteiger partial charge in [-0.25, -0.2) is 0 Å². The molecule has 0 saturated heterocycles. The number of amides is 2. The van der Waals surface area contributed by atoms with Crippen molar-refractivity contribution in [1.29, 1.82) is 0 Å². The van der Waals surface area contributed by atoms with E-state index in [1.54, 1.807) is 32.0 Å². The molecule has 26 heavy (non-hydrogen) atoms. The summed E-state index contributed by atoms with van der Waals surface area (Å²) in [5.74, 6) is 0.423. The highest BCUT2D eigenvalue weighted by molar-refractivity contribution is 6.10. The molecule has 2 aromatic rings. The van der Waals surface area contributed by atoms with Gasteiger partial charge in [-0.3, -0.25) is 14.5 Å². The number of carbonyl (C=O) groups excluding carboxylic acids is 2. The summed E-state index contributed by atoms with van der Waals surface area (Å²) >= 11 is 0. The van der Waals surface area contributed by atoms with E-state index in [4.69, 9.17) is 4.74 Å².